The summed E-state index contributed by atoms with van der Waals surface area (Å²) in [4.78, 5) is 41.4. The van der Waals surface area contributed by atoms with Gasteiger partial charge in [0.15, 0.2) is 0 Å². The summed E-state index contributed by atoms with van der Waals surface area (Å²) in [5.41, 5.74) is 0.230. The number of piperidine rings is 1. The first-order valence-electron chi connectivity index (χ1n) is 11.7. The van der Waals surface area contributed by atoms with E-state index in [0.717, 1.165) is 5.56 Å². The van der Waals surface area contributed by atoms with Gasteiger partial charge in [-0.05, 0) is 59.9 Å². The van der Waals surface area contributed by atoms with E-state index in [2.05, 4.69) is 0 Å². The molecule has 1 aromatic rings. The summed E-state index contributed by atoms with van der Waals surface area (Å²) in [5.74, 6) is -0.350. The Morgan fingerprint density at radius 2 is 1.76 bits per heavy atom. The second kappa shape index (κ2) is 11.9. The Labute approximate surface area is 197 Å². The van der Waals surface area contributed by atoms with Crippen molar-refractivity contribution >= 4 is 18.2 Å². The summed E-state index contributed by atoms with van der Waals surface area (Å²) in [5, 5.41) is 0. The van der Waals surface area contributed by atoms with E-state index in [1.807, 2.05) is 44.2 Å². The van der Waals surface area contributed by atoms with Gasteiger partial charge in [0.05, 0.1) is 19.1 Å². The van der Waals surface area contributed by atoms with Gasteiger partial charge in [-0.25, -0.2) is 9.59 Å². The minimum absolute atomic E-state index is 0.0972. The van der Waals surface area contributed by atoms with E-state index in [9.17, 15) is 14.4 Å². The van der Waals surface area contributed by atoms with E-state index >= 15 is 0 Å². The van der Waals surface area contributed by atoms with Gasteiger partial charge in [-0.1, -0.05) is 30.3 Å². The van der Waals surface area contributed by atoms with Crippen molar-refractivity contribution in [3.63, 3.8) is 0 Å². The number of hydrogen-bond acceptors (Lipinski definition) is 6. The number of benzene rings is 1. The van der Waals surface area contributed by atoms with Crippen LogP contribution in [-0.4, -0.2) is 64.8 Å². The second-order valence-corrected chi connectivity index (χ2v) is 9.57. The Kier molecular flexibility index (Phi) is 9.56. The highest BCUT2D eigenvalue weighted by Gasteiger charge is 2.40. The molecule has 1 fully saturated rings. The Balaban J connectivity index is 2.15. The predicted octanol–water partition coefficient (Wildman–Crippen LogP) is 4.75. The molecule has 8 nitrogen and oxygen atoms in total. The van der Waals surface area contributed by atoms with Crippen LogP contribution in [0, 0.1) is 0 Å². The van der Waals surface area contributed by atoms with Crippen molar-refractivity contribution in [2.45, 2.75) is 91.1 Å². The van der Waals surface area contributed by atoms with Gasteiger partial charge in [-0.15, -0.1) is 0 Å². The second-order valence-electron chi connectivity index (χ2n) is 9.57. The van der Waals surface area contributed by atoms with Crippen LogP contribution in [0.3, 0.4) is 0 Å². The summed E-state index contributed by atoms with van der Waals surface area (Å²) in [7, 11) is 0. The van der Waals surface area contributed by atoms with Crippen molar-refractivity contribution in [1.82, 2.24) is 9.80 Å². The molecule has 2 rings (SSSR count). The number of carbonyl (C=O) groups is 3. The molecule has 184 valence electrons. The molecule has 8 heteroatoms. The van der Waals surface area contributed by atoms with Crippen LogP contribution in [0.1, 0.15) is 66.4 Å². The molecular formula is C25H38N2O6. The number of ether oxygens (including phenoxy) is 3. The maximum Gasteiger partial charge on any atom is 0.410 e. The van der Waals surface area contributed by atoms with Gasteiger partial charge in [-0.2, -0.15) is 0 Å². The van der Waals surface area contributed by atoms with E-state index < -0.39 is 17.8 Å². The van der Waals surface area contributed by atoms with Crippen molar-refractivity contribution in [2.24, 2.45) is 0 Å². The van der Waals surface area contributed by atoms with Gasteiger partial charge in [0.25, 0.3) is 0 Å². The molecule has 0 spiro atoms. The Hall–Kier alpha value is -2.77. The molecule has 0 aromatic heterocycles. The Morgan fingerprint density at radius 1 is 1.09 bits per heavy atom. The predicted molar refractivity (Wildman–Crippen MR) is 125 cm³/mol. The molecular weight excluding hydrogens is 424 g/mol. The van der Waals surface area contributed by atoms with E-state index in [4.69, 9.17) is 14.2 Å². The number of likely N-dealkylation sites (tertiary alicyclic amines) is 1. The molecule has 33 heavy (non-hydrogen) atoms. The molecule has 1 heterocycles. The average Bonchev–Trinajstić information content (AvgIpc) is 2.72. The lowest BCUT2D eigenvalue weighted by atomic mass is 9.94. The number of carbonyl (C=O) groups excluding carboxylic acids is 3. The van der Waals surface area contributed by atoms with E-state index in [1.54, 1.807) is 37.5 Å². The highest BCUT2D eigenvalue weighted by Crippen LogP contribution is 2.27. The fourth-order valence-corrected chi connectivity index (χ4v) is 3.98. The summed E-state index contributed by atoms with van der Waals surface area (Å²) in [6, 6.07) is 8.78. The van der Waals surface area contributed by atoms with Gasteiger partial charge in [0, 0.05) is 18.6 Å². The zero-order chi connectivity index (χ0) is 24.6. The summed E-state index contributed by atoms with van der Waals surface area (Å²) in [6.07, 6.45) is 0.370. The first kappa shape index (κ1) is 26.5. The van der Waals surface area contributed by atoms with Gasteiger partial charge in [0.2, 0.25) is 0 Å². The lowest BCUT2D eigenvalue weighted by molar-refractivity contribution is -0.145. The highest BCUT2D eigenvalue weighted by atomic mass is 16.6. The van der Waals surface area contributed by atoms with Crippen LogP contribution in [0.25, 0.3) is 0 Å². The molecule has 0 unspecified atom stereocenters. The van der Waals surface area contributed by atoms with Crippen LogP contribution in [0.5, 0.6) is 0 Å². The standard InChI is InChI=1S/C25H38N2O6/c1-7-31-22(28)15-20-13-14-21(16-26(20)23(29)33-25(4,5)6)27(18(2)3)24(30)32-17-19-11-9-8-10-12-19/h8-12,18,20-21H,7,13-17H2,1-6H3/t20-,21+/m0/s1. The maximum absolute atomic E-state index is 13.0. The number of hydrogen-bond donors (Lipinski definition) is 0. The molecule has 0 bridgehead atoms. The van der Waals surface area contributed by atoms with Crippen LogP contribution >= 0.6 is 0 Å². The first-order chi connectivity index (χ1) is 15.5. The lowest BCUT2D eigenvalue weighted by Crippen LogP contribution is -2.58. The average molecular weight is 463 g/mol. The van der Waals surface area contributed by atoms with Crippen LogP contribution in [0.2, 0.25) is 0 Å². The number of esters is 1. The Bertz CT molecular complexity index is 790. The minimum atomic E-state index is -0.676. The molecule has 0 aliphatic carbocycles. The largest absolute Gasteiger partial charge is 0.466 e. The van der Waals surface area contributed by atoms with Gasteiger partial charge < -0.3 is 24.0 Å². The van der Waals surface area contributed by atoms with Crippen LogP contribution in [-0.2, 0) is 25.6 Å². The van der Waals surface area contributed by atoms with Crippen molar-refractivity contribution < 1.29 is 28.6 Å². The lowest BCUT2D eigenvalue weighted by Gasteiger charge is -2.44. The highest BCUT2D eigenvalue weighted by molar-refractivity contribution is 5.73. The third-order valence-electron chi connectivity index (χ3n) is 5.38. The zero-order valence-electron chi connectivity index (χ0n) is 20.7. The molecule has 0 N–H and O–H groups in total. The first-order valence-corrected chi connectivity index (χ1v) is 11.7. The fourth-order valence-electron chi connectivity index (χ4n) is 3.98. The SMILES string of the molecule is CCOC(=O)C[C@@H]1CC[C@@H](N(C(=O)OCc2ccccc2)C(C)C)CN1C(=O)OC(C)(C)C. The van der Waals surface area contributed by atoms with E-state index in [1.165, 1.54) is 0 Å². The molecule has 0 saturated carbocycles. The Morgan fingerprint density at radius 3 is 2.33 bits per heavy atom. The number of amides is 2. The third kappa shape index (κ3) is 8.26. The molecule has 2 atom stereocenters. The smallest absolute Gasteiger partial charge is 0.410 e. The molecule has 1 saturated heterocycles. The van der Waals surface area contributed by atoms with Crippen molar-refractivity contribution in [2.75, 3.05) is 13.2 Å². The van der Waals surface area contributed by atoms with Gasteiger partial charge in [0.1, 0.15) is 12.2 Å². The van der Waals surface area contributed by atoms with Crippen LogP contribution in [0.15, 0.2) is 30.3 Å². The van der Waals surface area contributed by atoms with Crippen molar-refractivity contribution in [3.8, 4) is 0 Å². The molecule has 0 radical (unpaired) electrons. The topological polar surface area (TPSA) is 85.4 Å². The molecule has 2 amide bonds. The van der Waals surface area contributed by atoms with Crippen LogP contribution in [0.4, 0.5) is 9.59 Å². The van der Waals surface area contributed by atoms with E-state index in [-0.39, 0.29) is 50.3 Å². The molecule has 1 aliphatic rings. The number of rotatable bonds is 7. The van der Waals surface area contributed by atoms with E-state index in [0.29, 0.717) is 12.8 Å². The van der Waals surface area contributed by atoms with Gasteiger partial charge in [-0.3, -0.25) is 4.79 Å². The monoisotopic (exact) mass is 462 g/mol. The zero-order valence-corrected chi connectivity index (χ0v) is 20.7. The minimum Gasteiger partial charge on any atom is -0.466 e. The molecule has 1 aromatic carbocycles. The maximum atomic E-state index is 13.0. The number of nitrogens with zero attached hydrogens (tertiary/aromatic N) is 2. The van der Waals surface area contributed by atoms with Gasteiger partial charge >= 0.3 is 18.2 Å². The van der Waals surface area contributed by atoms with Crippen molar-refractivity contribution in [3.05, 3.63) is 35.9 Å². The molecule has 1 aliphatic heterocycles. The summed E-state index contributed by atoms with van der Waals surface area (Å²) >= 11 is 0. The normalized spacial score (nSPS) is 18.6. The van der Waals surface area contributed by atoms with Crippen molar-refractivity contribution in [1.29, 1.82) is 0 Å². The fraction of sp³-hybridized carbons (Fsp3) is 0.640. The van der Waals surface area contributed by atoms with Crippen LogP contribution < -0.4 is 0 Å². The quantitative estimate of drug-likeness (QED) is 0.429. The summed E-state index contributed by atoms with van der Waals surface area (Å²) in [6.45, 7) is 11.7. The summed E-state index contributed by atoms with van der Waals surface area (Å²) < 4.78 is 16.3. The third-order valence-corrected chi connectivity index (χ3v) is 5.38.